The van der Waals surface area contributed by atoms with Gasteiger partial charge in [0.25, 0.3) is 0 Å². The number of hydrogen-bond acceptors (Lipinski definition) is 3. The van der Waals surface area contributed by atoms with Crippen LogP contribution in [-0.4, -0.2) is 14.2 Å². The molecule has 0 saturated carbocycles. The zero-order valence-corrected chi connectivity index (χ0v) is 11.8. The van der Waals surface area contributed by atoms with E-state index in [0.717, 1.165) is 5.56 Å². The molecule has 1 aromatic carbocycles. The number of sulfone groups is 1. The summed E-state index contributed by atoms with van der Waals surface area (Å²) in [5, 5.41) is 8.60. The van der Waals surface area contributed by atoms with Crippen LogP contribution in [0.3, 0.4) is 0 Å². The van der Waals surface area contributed by atoms with Gasteiger partial charge < -0.3 is 0 Å². The van der Waals surface area contributed by atoms with Gasteiger partial charge in [0.2, 0.25) is 0 Å². The summed E-state index contributed by atoms with van der Waals surface area (Å²) in [6.07, 6.45) is 0.385. The highest BCUT2D eigenvalue weighted by Crippen LogP contribution is 2.28. The molecule has 0 fully saturated rings. The Kier molecular flexibility index (Phi) is 4.74. The van der Waals surface area contributed by atoms with E-state index in [-0.39, 0.29) is 9.68 Å². The Balaban J connectivity index is 3.10. The van der Waals surface area contributed by atoms with Crippen LogP contribution < -0.4 is 0 Å². The lowest BCUT2D eigenvalue weighted by atomic mass is 10.1. The van der Waals surface area contributed by atoms with E-state index in [2.05, 4.69) is 28.7 Å². The highest BCUT2D eigenvalue weighted by atomic mass is 127. The molecule has 0 spiro atoms. The minimum atomic E-state index is -3.16. The molecule has 0 saturated heterocycles. The second-order valence-corrected chi connectivity index (χ2v) is 7.09. The van der Waals surface area contributed by atoms with Crippen LogP contribution in [0.25, 0.3) is 0 Å². The summed E-state index contributed by atoms with van der Waals surface area (Å²) < 4.78 is 23.4. The van der Waals surface area contributed by atoms with Crippen LogP contribution in [0.1, 0.15) is 22.8 Å². The van der Waals surface area contributed by atoms with Crippen LogP contribution in [0.4, 0.5) is 0 Å². The number of alkyl halides is 1. The Morgan fingerprint density at radius 1 is 1.50 bits per heavy atom. The van der Waals surface area contributed by atoms with Crippen LogP contribution in [0.5, 0.6) is 0 Å². The average Bonchev–Trinajstić information content (AvgIpc) is 2.29. The van der Waals surface area contributed by atoms with E-state index in [9.17, 15) is 8.42 Å². The fourth-order valence-electron chi connectivity index (χ4n) is 1.27. The van der Waals surface area contributed by atoms with E-state index in [1.165, 1.54) is 0 Å². The van der Waals surface area contributed by atoms with Crippen molar-refractivity contribution in [1.29, 1.82) is 5.26 Å². The van der Waals surface area contributed by atoms with Gasteiger partial charge in [-0.1, -0.05) is 41.6 Å². The molecule has 0 aliphatic rings. The normalized spacial score (nSPS) is 13.1. The number of nitriles is 1. The summed E-state index contributed by atoms with van der Waals surface area (Å²) >= 11 is 2.15. The third kappa shape index (κ3) is 3.19. The van der Waals surface area contributed by atoms with Gasteiger partial charge in [-0.05, 0) is 17.7 Å². The molecular formula is C11H12INO2S. The maximum Gasteiger partial charge on any atom is 0.178 e. The van der Waals surface area contributed by atoms with Gasteiger partial charge in [0, 0.05) is 3.92 Å². The molecule has 16 heavy (non-hydrogen) atoms. The van der Waals surface area contributed by atoms with E-state index in [4.69, 9.17) is 5.26 Å². The predicted molar refractivity (Wildman–Crippen MR) is 71.2 cm³/mol. The second-order valence-electron chi connectivity index (χ2n) is 3.31. The van der Waals surface area contributed by atoms with Crippen molar-refractivity contribution >= 4 is 32.4 Å². The quantitative estimate of drug-likeness (QED) is 0.620. The molecule has 3 nitrogen and oxygen atoms in total. The Labute approximate surface area is 110 Å². The molecule has 0 N–H and O–H groups in total. The highest BCUT2D eigenvalue weighted by molar-refractivity contribution is 14.1. The summed E-state index contributed by atoms with van der Waals surface area (Å²) in [5.74, 6) is 0.0978. The van der Waals surface area contributed by atoms with Crippen molar-refractivity contribution in [3.63, 3.8) is 0 Å². The van der Waals surface area contributed by atoms with Crippen molar-refractivity contribution in [1.82, 2.24) is 0 Å². The van der Waals surface area contributed by atoms with Crippen molar-refractivity contribution in [2.75, 3.05) is 5.75 Å². The van der Waals surface area contributed by atoms with Gasteiger partial charge in [-0.2, -0.15) is 5.26 Å². The molecule has 1 rings (SSSR count). The molecule has 0 heterocycles. The fourth-order valence-corrected chi connectivity index (χ4v) is 2.79. The lowest BCUT2D eigenvalue weighted by molar-refractivity contribution is 0.597. The Morgan fingerprint density at radius 2 is 2.19 bits per heavy atom. The number of nitrogens with zero attached hydrogens (tertiary/aromatic N) is 1. The van der Waals surface area contributed by atoms with Gasteiger partial charge in [0.15, 0.2) is 9.84 Å². The zero-order chi connectivity index (χ0) is 12.2. The Morgan fingerprint density at radius 3 is 2.75 bits per heavy atom. The monoisotopic (exact) mass is 349 g/mol. The highest BCUT2D eigenvalue weighted by Gasteiger charge is 2.14. The zero-order valence-electron chi connectivity index (χ0n) is 8.85. The Hall–Kier alpha value is -0.610. The Bertz CT molecular complexity index is 505. The lowest BCUT2D eigenvalue weighted by Gasteiger charge is -2.08. The minimum Gasteiger partial charge on any atom is -0.224 e. The molecule has 0 aliphatic carbocycles. The van der Waals surface area contributed by atoms with Crippen LogP contribution in [0, 0.1) is 11.3 Å². The predicted octanol–water partition coefficient (Wildman–Crippen LogP) is 2.87. The van der Waals surface area contributed by atoms with Gasteiger partial charge in [-0.3, -0.25) is 0 Å². The number of hydrogen-bond donors (Lipinski definition) is 0. The molecule has 0 aromatic heterocycles. The van der Waals surface area contributed by atoms with Crippen molar-refractivity contribution in [2.24, 2.45) is 0 Å². The molecule has 0 radical (unpaired) electrons. The SMILES string of the molecule is CCS(=O)(=O)c1cccc(C(I)CC#N)c1. The minimum absolute atomic E-state index is 0.0367. The molecule has 0 aliphatic heterocycles. The third-order valence-electron chi connectivity index (χ3n) is 2.23. The molecular weight excluding hydrogens is 337 g/mol. The van der Waals surface area contributed by atoms with Gasteiger partial charge in [0.1, 0.15) is 0 Å². The molecule has 0 amide bonds. The number of halogens is 1. The van der Waals surface area contributed by atoms with E-state index in [0.29, 0.717) is 11.3 Å². The summed E-state index contributed by atoms with van der Waals surface area (Å²) in [5.41, 5.74) is 0.886. The van der Waals surface area contributed by atoms with Gasteiger partial charge in [-0.15, -0.1) is 0 Å². The lowest BCUT2D eigenvalue weighted by Crippen LogP contribution is -2.04. The van der Waals surface area contributed by atoms with Crippen molar-refractivity contribution < 1.29 is 8.42 Å². The van der Waals surface area contributed by atoms with E-state index in [1.54, 1.807) is 25.1 Å². The summed E-state index contributed by atoms with van der Waals surface area (Å²) in [4.78, 5) is 0.340. The molecule has 1 unspecified atom stereocenters. The molecule has 5 heteroatoms. The third-order valence-corrected chi connectivity index (χ3v) is 5.12. The first-order valence-electron chi connectivity index (χ1n) is 4.85. The van der Waals surface area contributed by atoms with Gasteiger partial charge in [-0.25, -0.2) is 8.42 Å². The topological polar surface area (TPSA) is 57.9 Å². The maximum absolute atomic E-state index is 11.7. The first kappa shape index (κ1) is 13.5. The summed E-state index contributed by atoms with van der Waals surface area (Å²) in [6.45, 7) is 1.62. The average molecular weight is 349 g/mol. The smallest absolute Gasteiger partial charge is 0.178 e. The van der Waals surface area contributed by atoms with Crippen LogP contribution in [-0.2, 0) is 9.84 Å². The molecule has 1 aromatic rings. The second kappa shape index (κ2) is 5.64. The van der Waals surface area contributed by atoms with Crippen LogP contribution in [0.15, 0.2) is 29.2 Å². The molecule has 86 valence electrons. The summed E-state index contributed by atoms with van der Waals surface area (Å²) in [6, 6.07) is 8.91. The van der Waals surface area contributed by atoms with Crippen molar-refractivity contribution in [2.45, 2.75) is 22.2 Å². The molecule has 1 atom stereocenters. The fraction of sp³-hybridized carbons (Fsp3) is 0.364. The van der Waals surface area contributed by atoms with Crippen molar-refractivity contribution in [3.8, 4) is 6.07 Å². The van der Waals surface area contributed by atoms with Crippen LogP contribution in [0.2, 0.25) is 0 Å². The first-order chi connectivity index (χ1) is 7.51. The van der Waals surface area contributed by atoms with Gasteiger partial charge in [0.05, 0.1) is 23.1 Å². The van der Waals surface area contributed by atoms with Crippen LogP contribution >= 0.6 is 22.6 Å². The number of rotatable bonds is 4. The van der Waals surface area contributed by atoms with E-state index < -0.39 is 9.84 Å². The standard InChI is InChI=1S/C11H12INO2S/c1-2-16(14,15)10-5-3-4-9(8-10)11(12)6-7-13/h3-5,8,11H,2,6H2,1H3. The van der Waals surface area contributed by atoms with E-state index >= 15 is 0 Å². The largest absolute Gasteiger partial charge is 0.224 e. The first-order valence-corrected chi connectivity index (χ1v) is 7.74. The molecule has 0 bridgehead atoms. The maximum atomic E-state index is 11.7. The van der Waals surface area contributed by atoms with Crippen molar-refractivity contribution in [3.05, 3.63) is 29.8 Å². The number of benzene rings is 1. The summed E-state index contributed by atoms with van der Waals surface area (Å²) in [7, 11) is -3.16. The van der Waals surface area contributed by atoms with Gasteiger partial charge >= 0.3 is 0 Å². The van der Waals surface area contributed by atoms with E-state index in [1.807, 2.05) is 6.07 Å².